The Bertz CT molecular complexity index is 508. The van der Waals surface area contributed by atoms with Gasteiger partial charge in [0.25, 0.3) is 0 Å². The lowest BCUT2D eigenvalue weighted by molar-refractivity contribution is 0.582. The highest BCUT2D eigenvalue weighted by Crippen LogP contribution is 2.26. The van der Waals surface area contributed by atoms with E-state index in [1.165, 1.54) is 6.39 Å². The summed E-state index contributed by atoms with van der Waals surface area (Å²) in [5.74, 6) is 0.217. The lowest BCUT2D eigenvalue weighted by atomic mass is 9.90. The number of hydrogen-bond acceptors (Lipinski definition) is 3. The largest absolute Gasteiger partial charge is 0.443 e. The Morgan fingerprint density at radius 1 is 1.40 bits per heavy atom. The smallest absolute Gasteiger partial charge is 0.181 e. The molecule has 0 radical (unpaired) electrons. The molecule has 2 aromatic rings. The number of benzene rings is 1. The van der Waals surface area contributed by atoms with Gasteiger partial charge in [-0.3, -0.25) is 0 Å². The van der Waals surface area contributed by atoms with E-state index in [4.69, 9.17) is 9.68 Å². The summed E-state index contributed by atoms with van der Waals surface area (Å²) in [6.07, 6.45) is 1.42. The number of nitrogens with zero attached hydrogens (tertiary/aromatic N) is 2. The van der Waals surface area contributed by atoms with Crippen LogP contribution in [0.25, 0.3) is 11.1 Å². The van der Waals surface area contributed by atoms with Gasteiger partial charge in [-0.15, -0.1) is 0 Å². The molecule has 0 aliphatic heterocycles. The summed E-state index contributed by atoms with van der Waals surface area (Å²) in [6.45, 7) is 4.08. The minimum atomic E-state index is -0.0838. The Morgan fingerprint density at radius 2 is 2.20 bits per heavy atom. The summed E-state index contributed by atoms with van der Waals surface area (Å²) >= 11 is 0. The minimum absolute atomic E-state index is 0.0838. The van der Waals surface area contributed by atoms with Crippen molar-refractivity contribution >= 4 is 11.1 Å². The Labute approximate surface area is 88.3 Å². The molecule has 1 aromatic carbocycles. The molecule has 15 heavy (non-hydrogen) atoms. The summed E-state index contributed by atoms with van der Waals surface area (Å²) < 4.78 is 5.21. The van der Waals surface area contributed by atoms with Crippen molar-refractivity contribution in [3.8, 4) is 6.07 Å². The van der Waals surface area contributed by atoms with Crippen molar-refractivity contribution in [1.82, 2.24) is 4.98 Å². The second-order valence-corrected chi connectivity index (χ2v) is 3.93. The molecule has 0 N–H and O–H groups in total. The van der Waals surface area contributed by atoms with E-state index < -0.39 is 0 Å². The third-order valence-electron chi connectivity index (χ3n) is 2.52. The number of aromatic nitrogens is 1. The summed E-state index contributed by atoms with van der Waals surface area (Å²) in [6, 6.07) is 8.04. The van der Waals surface area contributed by atoms with Crippen molar-refractivity contribution in [2.45, 2.75) is 19.8 Å². The van der Waals surface area contributed by atoms with Gasteiger partial charge in [0.05, 0.1) is 12.0 Å². The lowest BCUT2D eigenvalue weighted by Gasteiger charge is -2.12. The fourth-order valence-electron chi connectivity index (χ4n) is 1.67. The molecule has 2 rings (SSSR count). The predicted molar refractivity (Wildman–Crippen MR) is 57.2 cm³/mol. The number of hydrogen-bond donors (Lipinski definition) is 0. The average Bonchev–Trinajstić information content (AvgIpc) is 2.65. The SMILES string of the molecule is CC(C)C(C#N)c1ccc2ncoc2c1. The number of rotatable bonds is 2. The van der Waals surface area contributed by atoms with Crippen LogP contribution in [0.1, 0.15) is 25.3 Å². The zero-order valence-electron chi connectivity index (χ0n) is 8.77. The molecule has 0 spiro atoms. The van der Waals surface area contributed by atoms with Crippen LogP contribution in [-0.4, -0.2) is 4.98 Å². The monoisotopic (exact) mass is 200 g/mol. The van der Waals surface area contributed by atoms with Crippen LogP contribution >= 0.6 is 0 Å². The summed E-state index contributed by atoms with van der Waals surface area (Å²) in [5, 5.41) is 9.08. The molecule has 0 bridgehead atoms. The van der Waals surface area contributed by atoms with Gasteiger partial charge in [0.15, 0.2) is 12.0 Å². The first-order chi connectivity index (χ1) is 7.22. The number of oxazole rings is 1. The van der Waals surface area contributed by atoms with E-state index in [0.29, 0.717) is 5.92 Å². The van der Waals surface area contributed by atoms with Gasteiger partial charge in [-0.25, -0.2) is 4.98 Å². The van der Waals surface area contributed by atoms with Crippen molar-refractivity contribution < 1.29 is 4.42 Å². The summed E-state index contributed by atoms with van der Waals surface area (Å²) in [4.78, 5) is 4.04. The summed E-state index contributed by atoms with van der Waals surface area (Å²) in [5.41, 5.74) is 2.57. The van der Waals surface area contributed by atoms with Gasteiger partial charge in [0.1, 0.15) is 5.52 Å². The molecular formula is C12H12N2O. The summed E-state index contributed by atoms with van der Waals surface area (Å²) in [7, 11) is 0. The fourth-order valence-corrected chi connectivity index (χ4v) is 1.67. The van der Waals surface area contributed by atoms with Gasteiger partial charge in [-0.05, 0) is 23.6 Å². The molecule has 1 atom stereocenters. The average molecular weight is 200 g/mol. The quantitative estimate of drug-likeness (QED) is 0.748. The van der Waals surface area contributed by atoms with E-state index in [0.717, 1.165) is 16.7 Å². The van der Waals surface area contributed by atoms with Crippen LogP contribution in [0.3, 0.4) is 0 Å². The second-order valence-electron chi connectivity index (χ2n) is 3.93. The highest BCUT2D eigenvalue weighted by Gasteiger charge is 2.15. The molecule has 76 valence electrons. The van der Waals surface area contributed by atoms with E-state index >= 15 is 0 Å². The van der Waals surface area contributed by atoms with Gasteiger partial charge in [0, 0.05) is 0 Å². The fraction of sp³-hybridized carbons (Fsp3) is 0.333. The normalized spacial score (nSPS) is 12.9. The standard InChI is InChI=1S/C12H12N2O/c1-8(2)10(6-13)9-3-4-11-12(5-9)15-7-14-11/h3-5,7-8,10H,1-2H3. The highest BCUT2D eigenvalue weighted by molar-refractivity contribution is 5.73. The van der Waals surface area contributed by atoms with Crippen molar-refractivity contribution in [3.05, 3.63) is 30.2 Å². The molecule has 0 fully saturated rings. The molecule has 0 aliphatic carbocycles. The maximum atomic E-state index is 9.08. The molecule has 1 aromatic heterocycles. The molecule has 3 nitrogen and oxygen atoms in total. The first-order valence-electron chi connectivity index (χ1n) is 4.95. The number of fused-ring (bicyclic) bond motifs is 1. The molecule has 0 amide bonds. The van der Waals surface area contributed by atoms with E-state index in [9.17, 15) is 0 Å². The van der Waals surface area contributed by atoms with E-state index in [2.05, 4.69) is 11.1 Å². The van der Waals surface area contributed by atoms with Gasteiger partial charge in [0.2, 0.25) is 0 Å². The van der Waals surface area contributed by atoms with E-state index in [1.807, 2.05) is 32.0 Å². The van der Waals surface area contributed by atoms with Crippen LogP contribution in [0.2, 0.25) is 0 Å². The van der Waals surface area contributed by atoms with Gasteiger partial charge in [-0.2, -0.15) is 5.26 Å². The Kier molecular flexibility index (Phi) is 2.42. The van der Waals surface area contributed by atoms with Gasteiger partial charge < -0.3 is 4.42 Å². The van der Waals surface area contributed by atoms with Crippen LogP contribution in [0, 0.1) is 17.2 Å². The predicted octanol–water partition coefficient (Wildman–Crippen LogP) is 3.09. The Hall–Kier alpha value is -1.82. The first-order valence-corrected chi connectivity index (χ1v) is 4.95. The maximum Gasteiger partial charge on any atom is 0.181 e. The molecule has 0 saturated heterocycles. The lowest BCUT2D eigenvalue weighted by Crippen LogP contribution is -2.03. The van der Waals surface area contributed by atoms with Crippen LogP contribution in [-0.2, 0) is 0 Å². The molecule has 0 aliphatic rings. The third-order valence-corrected chi connectivity index (χ3v) is 2.52. The topological polar surface area (TPSA) is 49.8 Å². The second kappa shape index (κ2) is 3.74. The van der Waals surface area contributed by atoms with Crippen LogP contribution in [0.15, 0.2) is 29.0 Å². The van der Waals surface area contributed by atoms with Crippen LogP contribution in [0.5, 0.6) is 0 Å². The minimum Gasteiger partial charge on any atom is -0.443 e. The molecule has 1 unspecified atom stereocenters. The maximum absolute atomic E-state index is 9.08. The van der Waals surface area contributed by atoms with Crippen molar-refractivity contribution in [1.29, 1.82) is 5.26 Å². The van der Waals surface area contributed by atoms with Crippen molar-refractivity contribution in [3.63, 3.8) is 0 Å². The third kappa shape index (κ3) is 1.71. The van der Waals surface area contributed by atoms with Crippen molar-refractivity contribution in [2.24, 2.45) is 5.92 Å². The molecule has 1 heterocycles. The van der Waals surface area contributed by atoms with Crippen LogP contribution in [0.4, 0.5) is 0 Å². The highest BCUT2D eigenvalue weighted by atomic mass is 16.3. The Morgan fingerprint density at radius 3 is 2.87 bits per heavy atom. The first kappa shape index (κ1) is 9.72. The number of nitriles is 1. The van der Waals surface area contributed by atoms with Crippen molar-refractivity contribution in [2.75, 3.05) is 0 Å². The molecular weight excluding hydrogens is 188 g/mol. The van der Waals surface area contributed by atoms with Gasteiger partial charge >= 0.3 is 0 Å². The van der Waals surface area contributed by atoms with E-state index in [-0.39, 0.29) is 5.92 Å². The van der Waals surface area contributed by atoms with Crippen LogP contribution < -0.4 is 0 Å². The Balaban J connectivity index is 2.47. The van der Waals surface area contributed by atoms with E-state index in [1.54, 1.807) is 0 Å². The zero-order chi connectivity index (χ0) is 10.8. The zero-order valence-corrected chi connectivity index (χ0v) is 8.77. The molecule has 0 saturated carbocycles. The molecule has 3 heteroatoms. The van der Waals surface area contributed by atoms with Gasteiger partial charge in [-0.1, -0.05) is 19.9 Å².